The molecule has 4 atom stereocenters. The molecule has 0 aromatic carbocycles. The van der Waals surface area contributed by atoms with Gasteiger partial charge in [-0.15, -0.1) is 0 Å². The summed E-state index contributed by atoms with van der Waals surface area (Å²) in [5.41, 5.74) is 0.671. The minimum absolute atomic E-state index is 0.671. The van der Waals surface area contributed by atoms with Crippen LogP contribution in [0.5, 0.6) is 0 Å². The molecule has 4 unspecified atom stereocenters. The van der Waals surface area contributed by atoms with E-state index in [0.29, 0.717) is 5.41 Å². The monoisotopic (exact) mass is 278 g/mol. The van der Waals surface area contributed by atoms with Gasteiger partial charge in [0.2, 0.25) is 0 Å². The summed E-state index contributed by atoms with van der Waals surface area (Å²) in [4.78, 5) is 0. The average molecular weight is 279 g/mol. The van der Waals surface area contributed by atoms with Crippen LogP contribution in [0.2, 0.25) is 0 Å². The Kier molecular flexibility index (Phi) is 6.43. The van der Waals surface area contributed by atoms with E-state index in [2.05, 4.69) is 20.8 Å². The van der Waals surface area contributed by atoms with Gasteiger partial charge in [0.05, 0.1) is 0 Å². The second-order valence-corrected chi connectivity index (χ2v) is 8.43. The minimum Gasteiger partial charge on any atom is -0.0654 e. The first-order valence-corrected chi connectivity index (χ1v) is 9.64. The molecule has 0 N–H and O–H groups in total. The van der Waals surface area contributed by atoms with Crippen molar-refractivity contribution in [2.24, 2.45) is 23.2 Å². The van der Waals surface area contributed by atoms with Gasteiger partial charge in [0.25, 0.3) is 0 Å². The lowest BCUT2D eigenvalue weighted by atomic mass is 9.66. The van der Waals surface area contributed by atoms with Crippen LogP contribution in [0.3, 0.4) is 0 Å². The molecule has 0 amide bonds. The topological polar surface area (TPSA) is 0 Å². The van der Waals surface area contributed by atoms with Gasteiger partial charge < -0.3 is 0 Å². The predicted molar refractivity (Wildman–Crippen MR) is 89.9 cm³/mol. The van der Waals surface area contributed by atoms with Crippen molar-refractivity contribution in [1.82, 2.24) is 0 Å². The Morgan fingerprint density at radius 1 is 1.00 bits per heavy atom. The SMILES string of the molecule is CCCCC1CCCCC(C2(C)CCCCC(C)C2)C1. The highest BCUT2D eigenvalue weighted by Crippen LogP contribution is 2.49. The maximum absolute atomic E-state index is 2.65. The molecule has 0 radical (unpaired) electrons. The van der Waals surface area contributed by atoms with E-state index in [1.807, 2.05) is 0 Å². The summed E-state index contributed by atoms with van der Waals surface area (Å²) in [7, 11) is 0. The molecule has 0 aromatic rings. The molecule has 2 fully saturated rings. The number of rotatable bonds is 4. The van der Waals surface area contributed by atoms with Gasteiger partial charge >= 0.3 is 0 Å². The maximum atomic E-state index is 2.65. The van der Waals surface area contributed by atoms with Gasteiger partial charge in [-0.05, 0) is 48.9 Å². The standard InChI is InChI=1S/C20H38/c1-4-5-11-18-12-6-7-13-19(15-18)20(3)14-9-8-10-17(2)16-20/h17-19H,4-16H2,1-3H3. The summed E-state index contributed by atoms with van der Waals surface area (Å²) in [6, 6.07) is 0. The van der Waals surface area contributed by atoms with Crippen molar-refractivity contribution in [3.8, 4) is 0 Å². The second kappa shape index (κ2) is 7.85. The van der Waals surface area contributed by atoms with Crippen LogP contribution in [0.15, 0.2) is 0 Å². The van der Waals surface area contributed by atoms with Crippen LogP contribution in [0.1, 0.15) is 104 Å². The van der Waals surface area contributed by atoms with Crippen molar-refractivity contribution in [2.45, 2.75) is 104 Å². The number of unbranched alkanes of at least 4 members (excludes halogenated alkanes) is 1. The van der Waals surface area contributed by atoms with Crippen LogP contribution < -0.4 is 0 Å². The summed E-state index contributed by atoms with van der Waals surface area (Å²) >= 11 is 0. The molecule has 0 bridgehead atoms. The highest BCUT2D eigenvalue weighted by atomic mass is 14.4. The number of hydrogen-bond donors (Lipinski definition) is 0. The Morgan fingerprint density at radius 2 is 1.75 bits per heavy atom. The van der Waals surface area contributed by atoms with E-state index >= 15 is 0 Å². The molecule has 0 aromatic heterocycles. The van der Waals surface area contributed by atoms with E-state index in [-0.39, 0.29) is 0 Å². The molecule has 2 saturated carbocycles. The molecular weight excluding hydrogens is 240 g/mol. The Labute approximate surface area is 128 Å². The third-order valence-corrected chi connectivity index (χ3v) is 6.49. The molecule has 2 aliphatic rings. The fourth-order valence-electron chi connectivity index (χ4n) is 5.24. The second-order valence-electron chi connectivity index (χ2n) is 8.43. The van der Waals surface area contributed by atoms with E-state index in [4.69, 9.17) is 0 Å². The van der Waals surface area contributed by atoms with E-state index in [9.17, 15) is 0 Å². The molecule has 0 nitrogen and oxygen atoms in total. The Balaban J connectivity index is 1.99. The quantitative estimate of drug-likeness (QED) is 0.487. The van der Waals surface area contributed by atoms with Crippen LogP contribution in [-0.4, -0.2) is 0 Å². The molecule has 20 heavy (non-hydrogen) atoms. The van der Waals surface area contributed by atoms with Crippen molar-refractivity contribution in [2.75, 3.05) is 0 Å². The number of hydrogen-bond acceptors (Lipinski definition) is 0. The molecule has 0 aliphatic heterocycles. The van der Waals surface area contributed by atoms with Gasteiger partial charge in [-0.2, -0.15) is 0 Å². The van der Waals surface area contributed by atoms with E-state index in [1.165, 1.54) is 77.0 Å². The molecule has 118 valence electrons. The van der Waals surface area contributed by atoms with Crippen LogP contribution in [0.25, 0.3) is 0 Å². The van der Waals surface area contributed by atoms with Crippen molar-refractivity contribution < 1.29 is 0 Å². The van der Waals surface area contributed by atoms with Gasteiger partial charge in [0.1, 0.15) is 0 Å². The molecular formula is C20H38. The summed E-state index contributed by atoms with van der Waals surface area (Å²) in [6.45, 7) is 7.51. The first-order chi connectivity index (χ1) is 9.64. The van der Waals surface area contributed by atoms with Crippen LogP contribution >= 0.6 is 0 Å². The van der Waals surface area contributed by atoms with Crippen molar-refractivity contribution in [3.05, 3.63) is 0 Å². The van der Waals surface area contributed by atoms with Crippen LogP contribution in [-0.2, 0) is 0 Å². The smallest absolute Gasteiger partial charge is 0.0295 e. The lowest BCUT2D eigenvalue weighted by molar-refractivity contribution is 0.109. The Bertz CT molecular complexity index is 269. The Morgan fingerprint density at radius 3 is 2.55 bits per heavy atom. The van der Waals surface area contributed by atoms with Crippen molar-refractivity contribution in [3.63, 3.8) is 0 Å². The minimum atomic E-state index is 0.671. The normalized spacial score (nSPS) is 40.0. The zero-order valence-corrected chi connectivity index (χ0v) is 14.4. The predicted octanol–water partition coefficient (Wildman–Crippen LogP) is 6.98. The van der Waals surface area contributed by atoms with Crippen LogP contribution in [0, 0.1) is 23.2 Å². The fourth-order valence-corrected chi connectivity index (χ4v) is 5.24. The van der Waals surface area contributed by atoms with E-state index in [0.717, 1.165) is 17.8 Å². The first kappa shape index (κ1) is 16.4. The summed E-state index contributed by atoms with van der Waals surface area (Å²) in [5, 5.41) is 0. The zero-order chi connectivity index (χ0) is 14.4. The van der Waals surface area contributed by atoms with Gasteiger partial charge in [-0.3, -0.25) is 0 Å². The first-order valence-electron chi connectivity index (χ1n) is 9.64. The molecule has 2 aliphatic carbocycles. The summed E-state index contributed by atoms with van der Waals surface area (Å²) in [6.07, 6.45) is 19.5. The van der Waals surface area contributed by atoms with E-state index in [1.54, 1.807) is 6.42 Å². The highest BCUT2D eigenvalue weighted by molar-refractivity contribution is 4.88. The summed E-state index contributed by atoms with van der Waals surface area (Å²) < 4.78 is 0. The van der Waals surface area contributed by atoms with Crippen molar-refractivity contribution in [1.29, 1.82) is 0 Å². The molecule has 0 saturated heterocycles. The molecule has 2 rings (SSSR count). The molecule has 0 heterocycles. The Hall–Kier alpha value is 0. The van der Waals surface area contributed by atoms with Crippen molar-refractivity contribution >= 4 is 0 Å². The van der Waals surface area contributed by atoms with Gasteiger partial charge in [0, 0.05) is 0 Å². The average Bonchev–Trinajstić information content (AvgIpc) is 2.75. The molecule has 0 spiro atoms. The highest BCUT2D eigenvalue weighted by Gasteiger charge is 2.37. The lowest BCUT2D eigenvalue weighted by Gasteiger charge is -2.39. The van der Waals surface area contributed by atoms with Crippen LogP contribution in [0.4, 0.5) is 0 Å². The van der Waals surface area contributed by atoms with Gasteiger partial charge in [-0.1, -0.05) is 78.6 Å². The third kappa shape index (κ3) is 4.50. The maximum Gasteiger partial charge on any atom is -0.0295 e. The van der Waals surface area contributed by atoms with Gasteiger partial charge in [0.15, 0.2) is 0 Å². The fraction of sp³-hybridized carbons (Fsp3) is 1.00. The zero-order valence-electron chi connectivity index (χ0n) is 14.4. The molecule has 0 heteroatoms. The largest absolute Gasteiger partial charge is 0.0654 e. The van der Waals surface area contributed by atoms with Gasteiger partial charge in [-0.25, -0.2) is 0 Å². The lowest BCUT2D eigenvalue weighted by Crippen LogP contribution is -2.29. The summed E-state index contributed by atoms with van der Waals surface area (Å²) in [5.74, 6) is 3.06. The van der Waals surface area contributed by atoms with E-state index < -0.39 is 0 Å². The third-order valence-electron chi connectivity index (χ3n) is 6.49.